The molecule has 0 aromatic heterocycles. The Bertz CT molecular complexity index is 1150. The summed E-state index contributed by atoms with van der Waals surface area (Å²) < 4.78 is 29.7. The molecule has 0 amide bonds. The maximum atomic E-state index is 13.1. The van der Waals surface area contributed by atoms with Gasteiger partial charge in [-0.05, 0) is 55.2 Å². The molecule has 1 N–H and O–H groups in total. The summed E-state index contributed by atoms with van der Waals surface area (Å²) >= 11 is 0. The third-order valence-electron chi connectivity index (χ3n) is 6.01. The van der Waals surface area contributed by atoms with E-state index >= 15 is 0 Å². The van der Waals surface area contributed by atoms with Crippen LogP contribution in [0.25, 0.3) is 0 Å². The molecule has 1 aliphatic heterocycles. The van der Waals surface area contributed by atoms with Crippen molar-refractivity contribution in [2.24, 2.45) is 0 Å². The fraction of sp³-hybridized carbons (Fsp3) is 0.308. The van der Waals surface area contributed by atoms with Gasteiger partial charge in [0.2, 0.25) is 0 Å². The van der Waals surface area contributed by atoms with E-state index in [9.17, 15) is 14.0 Å². The smallest absolute Gasteiger partial charge is 0.336 e. The van der Waals surface area contributed by atoms with Crippen LogP contribution in [-0.2, 0) is 20.9 Å². The van der Waals surface area contributed by atoms with Crippen LogP contribution in [0, 0.1) is 5.82 Å². The normalized spacial score (nSPS) is 17.9. The molecule has 0 spiro atoms. The van der Waals surface area contributed by atoms with E-state index in [0.29, 0.717) is 34.8 Å². The summed E-state index contributed by atoms with van der Waals surface area (Å²) in [5, 5.41) is 3.25. The van der Waals surface area contributed by atoms with Crippen molar-refractivity contribution in [2.45, 2.75) is 38.7 Å². The van der Waals surface area contributed by atoms with E-state index in [4.69, 9.17) is 14.2 Å². The summed E-state index contributed by atoms with van der Waals surface area (Å²) in [7, 11) is 2.87. The predicted molar refractivity (Wildman–Crippen MR) is 120 cm³/mol. The van der Waals surface area contributed by atoms with Crippen molar-refractivity contribution in [3.63, 3.8) is 0 Å². The quantitative estimate of drug-likeness (QED) is 0.650. The standard InChI is InChI=1S/C26H26FNO5/c1-15-23(26(30)32-3)24(25-19(28-15)5-4-6-20(25)29)17-9-12-21(22(13-17)31-2)33-14-16-7-10-18(27)11-8-16/h7-13,24,28H,4-6,14H2,1-3H3. The number of Topliss-reactive ketones (excluding diaryl/α,β-unsaturated/α-hetero) is 1. The van der Waals surface area contributed by atoms with E-state index in [1.165, 1.54) is 26.4 Å². The van der Waals surface area contributed by atoms with Gasteiger partial charge in [0.15, 0.2) is 17.3 Å². The molecule has 2 aromatic rings. The number of rotatable bonds is 6. The molecule has 0 saturated heterocycles. The average Bonchev–Trinajstić information content (AvgIpc) is 2.82. The molecule has 0 bridgehead atoms. The summed E-state index contributed by atoms with van der Waals surface area (Å²) in [5.74, 6) is -0.340. The minimum Gasteiger partial charge on any atom is -0.493 e. The maximum Gasteiger partial charge on any atom is 0.336 e. The van der Waals surface area contributed by atoms with Crippen LogP contribution in [0.1, 0.15) is 43.2 Å². The van der Waals surface area contributed by atoms with Crippen molar-refractivity contribution in [3.8, 4) is 11.5 Å². The zero-order valence-corrected chi connectivity index (χ0v) is 18.9. The Morgan fingerprint density at radius 3 is 2.55 bits per heavy atom. The van der Waals surface area contributed by atoms with E-state index in [1.807, 2.05) is 13.0 Å². The lowest BCUT2D eigenvalue weighted by molar-refractivity contribution is -0.136. The van der Waals surface area contributed by atoms with E-state index in [1.54, 1.807) is 24.3 Å². The highest BCUT2D eigenvalue weighted by Crippen LogP contribution is 2.44. The number of allylic oxidation sites excluding steroid dienone is 3. The molecule has 1 aliphatic carbocycles. The number of ether oxygens (including phenoxy) is 3. The number of esters is 1. The first kappa shape index (κ1) is 22.6. The van der Waals surface area contributed by atoms with Gasteiger partial charge in [-0.15, -0.1) is 0 Å². The molecule has 1 atom stereocenters. The van der Waals surface area contributed by atoms with Gasteiger partial charge in [-0.1, -0.05) is 18.2 Å². The molecule has 0 fully saturated rings. The lowest BCUT2D eigenvalue weighted by Crippen LogP contribution is -2.34. The number of hydrogen-bond acceptors (Lipinski definition) is 6. The first-order valence-electron chi connectivity index (χ1n) is 10.8. The maximum absolute atomic E-state index is 13.1. The van der Waals surface area contributed by atoms with Gasteiger partial charge in [0.1, 0.15) is 12.4 Å². The molecule has 2 aliphatic rings. The Kier molecular flexibility index (Phi) is 6.49. The number of dihydropyridines is 1. The van der Waals surface area contributed by atoms with Gasteiger partial charge in [-0.3, -0.25) is 4.79 Å². The van der Waals surface area contributed by atoms with Crippen LogP contribution in [0.3, 0.4) is 0 Å². The zero-order chi connectivity index (χ0) is 23.5. The second-order valence-corrected chi connectivity index (χ2v) is 8.08. The van der Waals surface area contributed by atoms with Gasteiger partial charge in [0.25, 0.3) is 0 Å². The van der Waals surface area contributed by atoms with Crippen LogP contribution in [0.15, 0.2) is 65.0 Å². The van der Waals surface area contributed by atoms with E-state index in [0.717, 1.165) is 29.7 Å². The lowest BCUT2D eigenvalue weighted by atomic mass is 9.75. The van der Waals surface area contributed by atoms with Crippen LogP contribution >= 0.6 is 0 Å². The van der Waals surface area contributed by atoms with E-state index in [-0.39, 0.29) is 18.2 Å². The van der Waals surface area contributed by atoms with Crippen LogP contribution in [0.2, 0.25) is 0 Å². The van der Waals surface area contributed by atoms with Gasteiger partial charge in [0, 0.05) is 29.3 Å². The minimum absolute atomic E-state index is 0.0262. The Labute approximate surface area is 192 Å². The molecule has 172 valence electrons. The number of nitrogens with one attached hydrogen (secondary N) is 1. The first-order valence-corrected chi connectivity index (χ1v) is 10.8. The van der Waals surface area contributed by atoms with Crippen LogP contribution in [0.4, 0.5) is 4.39 Å². The Hall–Kier alpha value is -3.61. The Morgan fingerprint density at radius 1 is 1.09 bits per heavy atom. The first-order chi connectivity index (χ1) is 15.9. The van der Waals surface area contributed by atoms with Crippen molar-refractivity contribution in [1.29, 1.82) is 0 Å². The highest BCUT2D eigenvalue weighted by Gasteiger charge is 2.39. The lowest BCUT2D eigenvalue weighted by Gasteiger charge is -2.34. The number of halogens is 1. The highest BCUT2D eigenvalue weighted by atomic mass is 19.1. The summed E-state index contributed by atoms with van der Waals surface area (Å²) in [5.41, 5.74) is 4.11. The fourth-order valence-electron chi connectivity index (χ4n) is 4.42. The molecule has 2 aromatic carbocycles. The zero-order valence-electron chi connectivity index (χ0n) is 18.9. The number of ketones is 1. The third kappa shape index (κ3) is 4.49. The molecule has 6 nitrogen and oxygen atoms in total. The number of carbonyl (C=O) groups is 2. The molecule has 1 heterocycles. The van der Waals surface area contributed by atoms with Gasteiger partial charge >= 0.3 is 5.97 Å². The van der Waals surface area contributed by atoms with Gasteiger partial charge in [-0.25, -0.2) is 9.18 Å². The minimum atomic E-state index is -0.554. The third-order valence-corrected chi connectivity index (χ3v) is 6.01. The van der Waals surface area contributed by atoms with E-state index in [2.05, 4.69) is 5.32 Å². The largest absolute Gasteiger partial charge is 0.493 e. The highest BCUT2D eigenvalue weighted by molar-refractivity contribution is 6.03. The molecule has 1 unspecified atom stereocenters. The topological polar surface area (TPSA) is 73.9 Å². The van der Waals surface area contributed by atoms with Crippen LogP contribution in [-0.4, -0.2) is 26.0 Å². The molecule has 7 heteroatoms. The fourth-order valence-corrected chi connectivity index (χ4v) is 4.42. The molecule has 0 saturated carbocycles. The summed E-state index contributed by atoms with van der Waals surface area (Å²) in [6.45, 7) is 2.06. The number of carbonyl (C=O) groups excluding carboxylic acids is 2. The number of benzene rings is 2. The van der Waals surface area contributed by atoms with Crippen molar-refractivity contribution in [2.75, 3.05) is 14.2 Å². The predicted octanol–water partition coefficient (Wildman–Crippen LogP) is 4.55. The van der Waals surface area contributed by atoms with Crippen molar-refractivity contribution >= 4 is 11.8 Å². The second kappa shape index (κ2) is 9.48. The monoisotopic (exact) mass is 451 g/mol. The molecular weight excluding hydrogens is 425 g/mol. The molecule has 4 rings (SSSR count). The van der Waals surface area contributed by atoms with Crippen LogP contribution in [0.5, 0.6) is 11.5 Å². The van der Waals surface area contributed by atoms with Gasteiger partial charge in [0.05, 0.1) is 19.8 Å². The Morgan fingerprint density at radius 2 is 1.85 bits per heavy atom. The average molecular weight is 451 g/mol. The number of methoxy groups -OCH3 is 2. The summed E-state index contributed by atoms with van der Waals surface area (Å²) in [6, 6.07) is 11.5. The van der Waals surface area contributed by atoms with E-state index < -0.39 is 11.9 Å². The summed E-state index contributed by atoms with van der Waals surface area (Å²) in [4.78, 5) is 25.6. The molecular formula is C26H26FNO5. The van der Waals surface area contributed by atoms with Gasteiger partial charge < -0.3 is 19.5 Å². The van der Waals surface area contributed by atoms with Crippen LogP contribution < -0.4 is 14.8 Å². The molecule has 0 radical (unpaired) electrons. The SMILES string of the molecule is COC(=O)C1=C(C)NC2=C(C(=O)CCC2)C1c1ccc(OCc2ccc(F)cc2)c(OC)c1. The van der Waals surface area contributed by atoms with Gasteiger partial charge in [-0.2, -0.15) is 0 Å². The second-order valence-electron chi connectivity index (χ2n) is 8.08. The number of hydrogen-bond donors (Lipinski definition) is 1. The van der Waals surface area contributed by atoms with Crippen molar-refractivity contribution < 1.29 is 28.2 Å². The molecule has 33 heavy (non-hydrogen) atoms. The van der Waals surface area contributed by atoms with Crippen molar-refractivity contribution in [3.05, 3.63) is 81.9 Å². The van der Waals surface area contributed by atoms with Crippen molar-refractivity contribution in [1.82, 2.24) is 5.32 Å². The Balaban J connectivity index is 1.71. The summed E-state index contributed by atoms with van der Waals surface area (Å²) in [6.07, 6.45) is 1.97.